The topological polar surface area (TPSA) is 3.24 Å². The predicted octanol–water partition coefficient (Wildman–Crippen LogP) is 5.38. The summed E-state index contributed by atoms with van der Waals surface area (Å²) in [5.41, 5.74) is 0. The normalized spacial score (nSPS) is 11.7. The molecule has 4 heteroatoms. The Morgan fingerprint density at radius 2 is 0.727 bits per heavy atom. The van der Waals surface area contributed by atoms with E-state index in [1.807, 2.05) is 36.5 Å². The van der Waals surface area contributed by atoms with Crippen LogP contribution in [0.15, 0.2) is 75.9 Å². The fraction of sp³-hybridized carbons (Fsp3) is 0.333. The Bertz CT molecular complexity index is 326. The second-order valence-corrected chi connectivity index (χ2v) is 14.5. The van der Waals surface area contributed by atoms with Crippen LogP contribution < -0.4 is 0 Å². The van der Waals surface area contributed by atoms with Crippen molar-refractivity contribution in [2.75, 3.05) is 0 Å². The van der Waals surface area contributed by atoms with Crippen molar-refractivity contribution in [3.05, 3.63) is 75.9 Å². The van der Waals surface area contributed by atoms with Crippen LogP contribution >= 0.6 is 0 Å². The van der Waals surface area contributed by atoms with Crippen LogP contribution in [-0.4, -0.2) is 28.6 Å². The lowest BCUT2D eigenvalue weighted by atomic mass is 10.5. The minimum Gasteiger partial charge on any atom is -0.396 e. The van der Waals surface area contributed by atoms with E-state index < -0.39 is 16.5 Å². The Morgan fingerprint density at radius 3 is 0.864 bits per heavy atom. The molecule has 0 saturated carbocycles. The van der Waals surface area contributed by atoms with E-state index in [1.165, 1.54) is 0 Å². The van der Waals surface area contributed by atoms with Gasteiger partial charge in [0.15, 0.2) is 7.98 Å². The Hall–Kier alpha value is -1.10. The zero-order valence-corrected chi connectivity index (χ0v) is 16.0. The number of rotatable bonds is 14. The van der Waals surface area contributed by atoms with Crippen molar-refractivity contribution >= 4 is 24.5 Å². The van der Waals surface area contributed by atoms with Gasteiger partial charge in [-0.15, -0.1) is 39.5 Å². The van der Waals surface area contributed by atoms with Crippen LogP contribution in [0.25, 0.3) is 0 Å². The molecular formula is C18H30BNSi2. The molecule has 1 nitrogen and oxygen atoms in total. The fourth-order valence-electron chi connectivity index (χ4n) is 3.21. The molecule has 0 heterocycles. The van der Waals surface area contributed by atoms with Gasteiger partial charge in [-0.1, -0.05) is 36.5 Å². The summed E-state index contributed by atoms with van der Waals surface area (Å²) in [6.07, 6.45) is 12.0. The summed E-state index contributed by atoms with van der Waals surface area (Å²) in [5, 5.41) is 0. The average Bonchev–Trinajstić information content (AvgIpc) is 2.48. The van der Waals surface area contributed by atoms with Crippen LogP contribution in [0.2, 0.25) is 36.3 Å². The van der Waals surface area contributed by atoms with Crippen LogP contribution in [-0.2, 0) is 0 Å². The first kappa shape index (κ1) is 20.9. The molecule has 22 heavy (non-hydrogen) atoms. The molecular weight excluding hydrogens is 297 g/mol. The Balaban J connectivity index is 5.97. The lowest BCUT2D eigenvalue weighted by molar-refractivity contribution is 0.894. The van der Waals surface area contributed by atoms with Gasteiger partial charge in [0.25, 0.3) is 0 Å². The number of nitrogens with zero attached hydrogens (tertiary/aromatic N) is 1. The highest BCUT2D eigenvalue weighted by molar-refractivity contribution is 6.98. The van der Waals surface area contributed by atoms with Crippen LogP contribution in [0.3, 0.4) is 0 Å². The van der Waals surface area contributed by atoms with Crippen molar-refractivity contribution < 1.29 is 0 Å². The molecule has 0 aliphatic carbocycles. The molecule has 0 N–H and O–H groups in total. The second kappa shape index (κ2) is 10.6. The van der Waals surface area contributed by atoms with Gasteiger partial charge in [0.1, 0.15) is 16.5 Å². The molecule has 0 aromatic rings. The summed E-state index contributed by atoms with van der Waals surface area (Å²) in [7, 11) is 2.88. The van der Waals surface area contributed by atoms with Gasteiger partial charge >= 0.3 is 0 Å². The Kier molecular flexibility index (Phi) is 10.1. The maximum atomic E-state index is 6.82. The van der Waals surface area contributed by atoms with Gasteiger partial charge in [-0.2, -0.15) is 0 Å². The summed E-state index contributed by atoms with van der Waals surface area (Å²) in [6.45, 7) is 23.7. The minimum absolute atomic E-state index is 0.932. The first-order valence-corrected chi connectivity index (χ1v) is 12.9. The molecule has 0 spiro atoms. The minimum atomic E-state index is -1.97. The van der Waals surface area contributed by atoms with Gasteiger partial charge < -0.3 is 4.14 Å². The standard InChI is InChI=1S/C18H30BNSi2/c1-7-13-21(14-8-2,15-9-3)20(19)22(16-10-4,17-11-5)18-12-6/h7-12H,1-6,13-18H2. The predicted molar refractivity (Wildman–Crippen MR) is 109 cm³/mol. The highest BCUT2D eigenvalue weighted by Gasteiger charge is 2.44. The summed E-state index contributed by atoms with van der Waals surface area (Å²) in [5.74, 6) is 0. The summed E-state index contributed by atoms with van der Waals surface area (Å²) in [4.78, 5) is 0. The van der Waals surface area contributed by atoms with Crippen molar-refractivity contribution in [1.82, 2.24) is 4.14 Å². The molecule has 0 rings (SSSR count). The van der Waals surface area contributed by atoms with Crippen molar-refractivity contribution in [3.63, 3.8) is 0 Å². The number of hydrogen-bond acceptors (Lipinski definition) is 1. The maximum Gasteiger partial charge on any atom is 0.164 e. The molecule has 0 saturated heterocycles. The fourth-order valence-corrected chi connectivity index (χ4v) is 14.3. The van der Waals surface area contributed by atoms with Gasteiger partial charge in [0, 0.05) is 0 Å². The van der Waals surface area contributed by atoms with Crippen molar-refractivity contribution in [3.8, 4) is 0 Å². The molecule has 0 aliphatic heterocycles. The molecule has 0 aromatic heterocycles. The molecule has 0 aliphatic rings. The van der Waals surface area contributed by atoms with Gasteiger partial charge in [-0.25, -0.2) is 0 Å². The van der Waals surface area contributed by atoms with Crippen LogP contribution in [0.5, 0.6) is 0 Å². The summed E-state index contributed by atoms with van der Waals surface area (Å²) < 4.78 is 2.25. The molecule has 0 amide bonds. The molecule has 0 bridgehead atoms. The maximum absolute atomic E-state index is 6.82. The van der Waals surface area contributed by atoms with Crippen LogP contribution in [0, 0.1) is 0 Å². The molecule has 2 radical (unpaired) electrons. The van der Waals surface area contributed by atoms with Crippen molar-refractivity contribution in [2.45, 2.75) is 36.3 Å². The van der Waals surface area contributed by atoms with Crippen LogP contribution in [0.4, 0.5) is 0 Å². The van der Waals surface area contributed by atoms with E-state index in [4.69, 9.17) is 7.98 Å². The second-order valence-electron chi connectivity index (χ2n) is 5.78. The van der Waals surface area contributed by atoms with Gasteiger partial charge in [0.05, 0.1) is 0 Å². The highest BCUT2D eigenvalue weighted by atomic mass is 28.4. The highest BCUT2D eigenvalue weighted by Crippen LogP contribution is 2.36. The van der Waals surface area contributed by atoms with E-state index in [9.17, 15) is 0 Å². The largest absolute Gasteiger partial charge is 0.396 e. The van der Waals surface area contributed by atoms with E-state index in [-0.39, 0.29) is 0 Å². The van der Waals surface area contributed by atoms with Gasteiger partial charge in [0.2, 0.25) is 0 Å². The lowest BCUT2D eigenvalue weighted by Crippen LogP contribution is -2.65. The SMILES string of the molecule is [B]N([Si](CC=C)(CC=C)CC=C)[Si](CC=C)(CC=C)CC=C. The molecule has 118 valence electrons. The first-order chi connectivity index (χ1) is 10.5. The van der Waals surface area contributed by atoms with Crippen molar-refractivity contribution in [2.24, 2.45) is 0 Å². The van der Waals surface area contributed by atoms with E-state index in [1.54, 1.807) is 0 Å². The first-order valence-electron chi connectivity index (χ1n) is 7.73. The molecule has 0 unspecified atom stereocenters. The quantitative estimate of drug-likeness (QED) is 0.306. The zero-order chi connectivity index (χ0) is 17.1. The third-order valence-corrected chi connectivity index (χ3v) is 15.3. The summed E-state index contributed by atoms with van der Waals surface area (Å²) >= 11 is 0. The Morgan fingerprint density at radius 1 is 0.545 bits per heavy atom. The van der Waals surface area contributed by atoms with E-state index >= 15 is 0 Å². The van der Waals surface area contributed by atoms with E-state index in [0.717, 1.165) is 36.3 Å². The smallest absolute Gasteiger partial charge is 0.164 e. The molecule has 0 fully saturated rings. The lowest BCUT2D eigenvalue weighted by Gasteiger charge is -2.51. The monoisotopic (exact) mass is 327 g/mol. The molecule has 0 atom stereocenters. The van der Waals surface area contributed by atoms with Gasteiger partial charge in [-0.3, -0.25) is 0 Å². The van der Waals surface area contributed by atoms with E-state index in [0.29, 0.717) is 0 Å². The number of allylic oxidation sites excluding steroid dienone is 6. The molecule has 0 aromatic carbocycles. The Labute approximate surface area is 141 Å². The van der Waals surface area contributed by atoms with Crippen molar-refractivity contribution in [1.29, 1.82) is 0 Å². The number of hydrogen-bond donors (Lipinski definition) is 0. The van der Waals surface area contributed by atoms with Crippen LogP contribution in [0.1, 0.15) is 0 Å². The third kappa shape index (κ3) is 4.97. The average molecular weight is 327 g/mol. The third-order valence-electron chi connectivity index (χ3n) is 4.17. The summed E-state index contributed by atoms with van der Waals surface area (Å²) in [6, 6.07) is 5.59. The van der Waals surface area contributed by atoms with Gasteiger partial charge in [-0.05, 0) is 36.3 Å². The van der Waals surface area contributed by atoms with E-state index in [2.05, 4.69) is 43.6 Å². The zero-order valence-electron chi connectivity index (χ0n) is 14.0.